The molecule has 118 valence electrons. The van der Waals surface area contributed by atoms with Crippen molar-refractivity contribution in [1.29, 1.82) is 0 Å². The van der Waals surface area contributed by atoms with Gasteiger partial charge in [-0.1, -0.05) is 22.9 Å². The molecule has 0 aromatic carbocycles. The zero-order valence-corrected chi connectivity index (χ0v) is 14.4. The number of hydrogen-bond acceptors (Lipinski definition) is 6. The van der Waals surface area contributed by atoms with Gasteiger partial charge in [-0.3, -0.25) is 9.78 Å². The van der Waals surface area contributed by atoms with Crippen molar-refractivity contribution in [3.63, 3.8) is 0 Å². The van der Waals surface area contributed by atoms with E-state index in [9.17, 15) is 13.2 Å². The zero-order valence-electron chi connectivity index (χ0n) is 12.0. The van der Waals surface area contributed by atoms with Gasteiger partial charge in [-0.2, -0.15) is 0 Å². The first-order valence-electron chi connectivity index (χ1n) is 6.29. The highest BCUT2D eigenvalue weighted by Gasteiger charge is 2.20. The quantitative estimate of drug-likeness (QED) is 0.818. The number of halogens is 1. The van der Waals surface area contributed by atoms with Crippen LogP contribution >= 0.6 is 22.9 Å². The van der Waals surface area contributed by atoms with Gasteiger partial charge in [-0.05, 0) is 12.1 Å². The fourth-order valence-electron chi connectivity index (χ4n) is 1.67. The second-order valence-electron chi connectivity index (χ2n) is 4.69. The first-order valence-corrected chi connectivity index (χ1v) is 9.54. The van der Waals surface area contributed by atoms with Crippen LogP contribution in [0.5, 0.6) is 0 Å². The summed E-state index contributed by atoms with van der Waals surface area (Å²) in [6, 6.07) is 3.63. The predicted octanol–water partition coefficient (Wildman–Crippen LogP) is 2.26. The molecule has 0 aliphatic rings. The third-order valence-corrected chi connectivity index (χ3v) is 5.35. The van der Waals surface area contributed by atoms with E-state index in [1.54, 1.807) is 25.5 Å². The molecular weight excluding hydrogens is 346 g/mol. The summed E-state index contributed by atoms with van der Waals surface area (Å²) >= 11 is 7.35. The third kappa shape index (κ3) is 4.25. The number of rotatable bonds is 5. The van der Waals surface area contributed by atoms with Gasteiger partial charge in [0.2, 0.25) is 5.91 Å². The van der Waals surface area contributed by atoms with E-state index < -0.39 is 9.84 Å². The Bertz CT molecular complexity index is 775. The Kier molecular flexibility index (Phi) is 5.15. The van der Waals surface area contributed by atoms with Gasteiger partial charge in [0.1, 0.15) is 19.8 Å². The van der Waals surface area contributed by atoms with Crippen molar-refractivity contribution in [1.82, 2.24) is 9.97 Å². The van der Waals surface area contributed by atoms with Gasteiger partial charge in [0.15, 0.2) is 5.15 Å². The van der Waals surface area contributed by atoms with Gasteiger partial charge in [-0.25, -0.2) is 13.4 Å². The number of sulfone groups is 1. The van der Waals surface area contributed by atoms with E-state index in [4.69, 9.17) is 11.6 Å². The van der Waals surface area contributed by atoms with Gasteiger partial charge in [0.25, 0.3) is 0 Å². The highest BCUT2D eigenvalue weighted by Crippen LogP contribution is 2.37. The van der Waals surface area contributed by atoms with Crippen LogP contribution in [0.1, 0.15) is 6.42 Å². The van der Waals surface area contributed by atoms with E-state index in [0.717, 1.165) is 11.8 Å². The van der Waals surface area contributed by atoms with Crippen molar-refractivity contribution < 1.29 is 13.2 Å². The van der Waals surface area contributed by atoms with E-state index >= 15 is 0 Å². The van der Waals surface area contributed by atoms with Crippen LogP contribution in [0.25, 0.3) is 10.6 Å². The molecular formula is C13H14ClN3O3S2. The van der Waals surface area contributed by atoms with Gasteiger partial charge >= 0.3 is 0 Å². The molecule has 0 aliphatic heterocycles. The highest BCUT2D eigenvalue weighted by molar-refractivity contribution is 7.90. The van der Waals surface area contributed by atoms with Crippen molar-refractivity contribution in [2.75, 3.05) is 24.0 Å². The number of amides is 1. The number of anilines is 1. The van der Waals surface area contributed by atoms with Crippen LogP contribution in [0.4, 0.5) is 5.00 Å². The Morgan fingerprint density at radius 2 is 2.18 bits per heavy atom. The summed E-state index contributed by atoms with van der Waals surface area (Å²) in [7, 11) is -1.63. The Balaban J connectivity index is 2.19. The molecule has 22 heavy (non-hydrogen) atoms. The summed E-state index contributed by atoms with van der Waals surface area (Å²) in [4.78, 5) is 21.6. The SMILES string of the molecule is CN(C(=O)CCS(C)(=O)=O)c1sc(-c2cccnc2)nc1Cl. The molecule has 0 saturated carbocycles. The molecule has 2 aromatic heterocycles. The molecule has 0 bridgehead atoms. The largest absolute Gasteiger partial charge is 0.304 e. The van der Waals surface area contributed by atoms with Crippen LogP contribution < -0.4 is 4.90 Å². The Labute approximate surface area is 137 Å². The summed E-state index contributed by atoms with van der Waals surface area (Å²) in [6.45, 7) is 0. The number of aromatic nitrogens is 2. The molecule has 0 fully saturated rings. The molecule has 2 heterocycles. The molecule has 6 nitrogen and oxygen atoms in total. The van der Waals surface area contributed by atoms with Gasteiger partial charge in [0.05, 0.1) is 5.75 Å². The fraction of sp³-hybridized carbons (Fsp3) is 0.308. The monoisotopic (exact) mass is 359 g/mol. The fourth-order valence-corrected chi connectivity index (χ4v) is 3.52. The second kappa shape index (κ2) is 6.72. The van der Waals surface area contributed by atoms with Crippen LogP contribution in [0.2, 0.25) is 5.15 Å². The van der Waals surface area contributed by atoms with E-state index in [0.29, 0.717) is 10.0 Å². The Hall–Kier alpha value is -1.51. The van der Waals surface area contributed by atoms with Crippen molar-refractivity contribution in [3.8, 4) is 10.6 Å². The molecule has 0 spiro atoms. The maximum atomic E-state index is 12.1. The Morgan fingerprint density at radius 1 is 1.45 bits per heavy atom. The molecule has 0 saturated heterocycles. The van der Waals surface area contributed by atoms with Gasteiger partial charge in [0, 0.05) is 37.7 Å². The number of hydrogen-bond donors (Lipinski definition) is 0. The normalized spacial score (nSPS) is 11.4. The van der Waals surface area contributed by atoms with Gasteiger partial charge in [-0.15, -0.1) is 0 Å². The lowest BCUT2D eigenvalue weighted by Gasteiger charge is -2.14. The summed E-state index contributed by atoms with van der Waals surface area (Å²) in [6.07, 6.45) is 4.32. The number of nitrogens with zero attached hydrogens (tertiary/aromatic N) is 3. The first kappa shape index (κ1) is 16.9. The summed E-state index contributed by atoms with van der Waals surface area (Å²) in [5, 5.41) is 1.34. The van der Waals surface area contributed by atoms with E-state index in [2.05, 4.69) is 9.97 Å². The first-order chi connectivity index (χ1) is 10.3. The predicted molar refractivity (Wildman–Crippen MR) is 88.1 cm³/mol. The molecule has 0 radical (unpaired) electrons. The van der Waals surface area contributed by atoms with E-state index in [1.807, 2.05) is 6.07 Å². The maximum Gasteiger partial charge on any atom is 0.228 e. The minimum absolute atomic E-state index is 0.0915. The van der Waals surface area contributed by atoms with Crippen molar-refractivity contribution >= 4 is 43.7 Å². The number of thiazole rings is 1. The smallest absolute Gasteiger partial charge is 0.228 e. The minimum atomic E-state index is -3.18. The van der Waals surface area contributed by atoms with Crippen LogP contribution in [-0.4, -0.2) is 43.3 Å². The van der Waals surface area contributed by atoms with E-state index in [1.165, 1.54) is 16.2 Å². The maximum absolute atomic E-state index is 12.1. The van der Waals surface area contributed by atoms with Crippen LogP contribution in [0.3, 0.4) is 0 Å². The highest BCUT2D eigenvalue weighted by atomic mass is 35.5. The lowest BCUT2D eigenvalue weighted by molar-refractivity contribution is -0.117. The van der Waals surface area contributed by atoms with Crippen molar-refractivity contribution in [2.45, 2.75) is 6.42 Å². The molecule has 0 N–H and O–H groups in total. The molecule has 2 aromatic rings. The topological polar surface area (TPSA) is 80.2 Å². The standard InChI is InChI=1S/C13H14ClN3O3S2/c1-17(10(18)5-7-22(2,19)20)13-11(14)16-12(21-13)9-4-3-6-15-8-9/h3-4,6,8H,5,7H2,1-2H3. The molecule has 1 amide bonds. The lowest BCUT2D eigenvalue weighted by atomic mass is 10.3. The summed E-state index contributed by atoms with van der Waals surface area (Å²) in [5.41, 5.74) is 0.803. The second-order valence-corrected chi connectivity index (χ2v) is 8.28. The van der Waals surface area contributed by atoms with Crippen molar-refractivity contribution in [2.24, 2.45) is 0 Å². The molecule has 0 atom stereocenters. The average Bonchev–Trinajstić information content (AvgIpc) is 2.86. The summed E-state index contributed by atoms with van der Waals surface area (Å²) in [5.74, 6) is -0.518. The molecule has 2 rings (SSSR count). The number of carbonyl (C=O) groups is 1. The average molecular weight is 360 g/mol. The Morgan fingerprint density at radius 3 is 2.77 bits per heavy atom. The minimum Gasteiger partial charge on any atom is -0.304 e. The molecule has 9 heteroatoms. The van der Waals surface area contributed by atoms with E-state index in [-0.39, 0.29) is 23.2 Å². The van der Waals surface area contributed by atoms with Gasteiger partial charge < -0.3 is 4.90 Å². The third-order valence-electron chi connectivity index (χ3n) is 2.84. The number of pyridine rings is 1. The van der Waals surface area contributed by atoms with Crippen LogP contribution in [-0.2, 0) is 14.6 Å². The van der Waals surface area contributed by atoms with Crippen LogP contribution in [0, 0.1) is 0 Å². The van der Waals surface area contributed by atoms with Crippen molar-refractivity contribution in [3.05, 3.63) is 29.7 Å². The molecule has 0 unspecified atom stereocenters. The molecule has 0 aliphatic carbocycles. The number of carbonyl (C=O) groups excluding carboxylic acids is 1. The summed E-state index contributed by atoms with van der Waals surface area (Å²) < 4.78 is 22.3. The lowest BCUT2D eigenvalue weighted by Crippen LogP contribution is -2.27. The van der Waals surface area contributed by atoms with Crippen LogP contribution in [0.15, 0.2) is 24.5 Å². The zero-order chi connectivity index (χ0) is 16.3.